The first-order valence-electron chi connectivity index (χ1n) is 19.5. The van der Waals surface area contributed by atoms with Gasteiger partial charge in [0, 0.05) is 29.8 Å². The van der Waals surface area contributed by atoms with Gasteiger partial charge in [-0.3, -0.25) is 28.4 Å². The lowest BCUT2D eigenvalue weighted by molar-refractivity contribution is -0.222. The number of imidazole rings is 1. The predicted octanol–water partition coefficient (Wildman–Crippen LogP) is 5.46. The first-order valence-corrected chi connectivity index (χ1v) is 21.4. The smallest absolute Gasteiger partial charge is 0.411 e. The molecule has 20 heteroatoms. The molecule has 0 bridgehead atoms. The van der Waals surface area contributed by atoms with E-state index in [2.05, 4.69) is 20.0 Å². The molecule has 15 nitrogen and oxygen atoms in total. The van der Waals surface area contributed by atoms with Crippen LogP contribution in [0.2, 0.25) is 5.02 Å². The van der Waals surface area contributed by atoms with Crippen LogP contribution >= 0.6 is 11.6 Å². The van der Waals surface area contributed by atoms with Gasteiger partial charge >= 0.3 is 12.3 Å². The summed E-state index contributed by atoms with van der Waals surface area (Å²) >= 11 is 6.36. The molecule has 1 aromatic carbocycles. The van der Waals surface area contributed by atoms with Crippen molar-refractivity contribution in [3.8, 4) is 5.88 Å². The average Bonchev–Trinajstić information content (AvgIpc) is 3.92. The quantitative estimate of drug-likeness (QED) is 0.257. The van der Waals surface area contributed by atoms with E-state index in [1.165, 1.54) is 20.0 Å². The Morgan fingerprint density at radius 3 is 2.53 bits per heavy atom. The fourth-order valence-corrected chi connectivity index (χ4v) is 9.92. The van der Waals surface area contributed by atoms with Gasteiger partial charge in [-0.15, -0.1) is 0 Å². The SMILES string of the molecule is C[C@H]1CC/C=C\[C@@H]2C[C@@]2(C(=O)NS(=O)(=O)C2(C)CC2)NC(=O)[C@@H]2C[C@@H](Oc3nc4nccn4c4ccc(Cl)cc34)CN2C(=O)[C@@H](N(C(=O)O)C(C)(C)C(F)(F)F)[C@H](C)C1. The zero-order valence-electron chi connectivity index (χ0n) is 33.1. The standard InChI is InChI=1S/C39H47ClF3N7O8S/c1-21-8-6-7-9-23-19-38(23,33(53)47-59(56,57)37(5)12-13-37)46-30(51)28-18-25(58-31-26-17-24(40)10-11-27(26)48-15-14-44-34(48)45-31)20-49(28)32(52)29(22(2)16-21)50(35(54)55)36(3,4)39(41,42)43/h7,9-11,14-15,17,21-23,25,28-29H,6,8,12-13,16,18-20H2,1-5H3,(H,46,51)(H,47,53)(H,54,55)/b9-7-/t21-,22+,23+,25+,28-,29-,38+/m0/s1. The third kappa shape index (κ3) is 7.68. The van der Waals surface area contributed by atoms with Crippen molar-refractivity contribution in [3.05, 3.63) is 47.8 Å². The van der Waals surface area contributed by atoms with Crippen LogP contribution in [-0.4, -0.2) is 108 Å². The van der Waals surface area contributed by atoms with Crippen LogP contribution in [-0.2, 0) is 24.4 Å². The number of nitrogens with zero attached hydrogens (tertiary/aromatic N) is 5. The van der Waals surface area contributed by atoms with Crippen molar-refractivity contribution in [2.45, 2.75) is 120 Å². The number of sulfonamides is 1. The van der Waals surface area contributed by atoms with E-state index < -0.39 is 92.4 Å². The molecule has 3 aromatic rings. The summed E-state index contributed by atoms with van der Waals surface area (Å²) in [6, 6.07) is 1.56. The van der Waals surface area contributed by atoms with Crippen LogP contribution in [0.25, 0.3) is 16.7 Å². The maximum absolute atomic E-state index is 15.1. The van der Waals surface area contributed by atoms with Gasteiger partial charge in [0.25, 0.3) is 5.91 Å². The van der Waals surface area contributed by atoms with Gasteiger partial charge in [0.05, 0.1) is 22.2 Å². The van der Waals surface area contributed by atoms with E-state index in [4.69, 9.17) is 16.3 Å². The van der Waals surface area contributed by atoms with Gasteiger partial charge in [-0.1, -0.05) is 37.6 Å². The molecule has 2 aliphatic heterocycles. The van der Waals surface area contributed by atoms with Crippen LogP contribution in [0.4, 0.5) is 18.0 Å². The first kappa shape index (κ1) is 42.5. The number of carbonyl (C=O) groups excluding carboxylic acids is 3. The summed E-state index contributed by atoms with van der Waals surface area (Å²) in [5.41, 5.74) is -4.17. The van der Waals surface area contributed by atoms with E-state index in [0.717, 1.165) is 4.90 Å². The van der Waals surface area contributed by atoms with Crippen molar-refractivity contribution in [2.75, 3.05) is 6.54 Å². The summed E-state index contributed by atoms with van der Waals surface area (Å²) in [6.07, 6.45) is 0.177. The lowest BCUT2D eigenvalue weighted by Crippen LogP contribution is -2.66. The predicted molar refractivity (Wildman–Crippen MR) is 209 cm³/mol. The number of amides is 4. The molecule has 2 aliphatic carbocycles. The molecule has 0 unspecified atom stereocenters. The van der Waals surface area contributed by atoms with Crippen LogP contribution < -0.4 is 14.8 Å². The number of ether oxygens (including phenoxy) is 1. The average molecular weight is 866 g/mol. The molecule has 1 saturated heterocycles. The highest BCUT2D eigenvalue weighted by Crippen LogP contribution is 2.48. The van der Waals surface area contributed by atoms with Crippen LogP contribution in [0, 0.1) is 17.8 Å². The summed E-state index contributed by atoms with van der Waals surface area (Å²) < 4.78 is 79.8. The van der Waals surface area contributed by atoms with Crippen LogP contribution in [0.5, 0.6) is 5.88 Å². The van der Waals surface area contributed by atoms with E-state index in [0.29, 0.717) is 55.5 Å². The van der Waals surface area contributed by atoms with E-state index in [-0.39, 0.29) is 41.7 Å². The summed E-state index contributed by atoms with van der Waals surface area (Å²) in [4.78, 5) is 66.5. The third-order valence-corrected chi connectivity index (χ3v) is 14.9. The Kier molecular flexibility index (Phi) is 10.7. The Balaban J connectivity index is 1.31. The lowest BCUT2D eigenvalue weighted by atomic mass is 9.85. The van der Waals surface area contributed by atoms with Crippen LogP contribution in [0.15, 0.2) is 42.7 Å². The van der Waals surface area contributed by atoms with E-state index in [1.807, 2.05) is 6.92 Å². The molecule has 3 fully saturated rings. The Hall–Kier alpha value is -4.65. The Morgan fingerprint density at radius 2 is 1.86 bits per heavy atom. The Morgan fingerprint density at radius 1 is 1.15 bits per heavy atom. The highest BCUT2D eigenvalue weighted by molar-refractivity contribution is 7.91. The fraction of sp³-hybridized carbons (Fsp3) is 0.590. The molecule has 3 N–H and O–H groups in total. The molecule has 7 atom stereocenters. The topological polar surface area (TPSA) is 193 Å². The summed E-state index contributed by atoms with van der Waals surface area (Å²) in [6.45, 7) is 5.85. The fourth-order valence-electron chi connectivity index (χ4n) is 8.44. The second-order valence-electron chi connectivity index (χ2n) is 17.3. The number of nitrogens with one attached hydrogen (secondary N) is 2. The lowest BCUT2D eigenvalue weighted by Gasteiger charge is -2.45. The van der Waals surface area contributed by atoms with E-state index in [1.54, 1.807) is 40.9 Å². The van der Waals surface area contributed by atoms with Gasteiger partial charge in [-0.25, -0.2) is 18.2 Å². The molecule has 0 radical (unpaired) electrons. The zero-order valence-corrected chi connectivity index (χ0v) is 34.7. The number of hydrogen-bond acceptors (Lipinski definition) is 9. The normalized spacial score (nSPS) is 29.4. The number of rotatable bonds is 7. The van der Waals surface area contributed by atoms with Gasteiger partial charge in [0.15, 0.2) is 0 Å². The molecule has 4 aliphatic rings. The molecule has 4 heterocycles. The molecule has 4 amide bonds. The highest BCUT2D eigenvalue weighted by Gasteiger charge is 2.64. The largest absolute Gasteiger partial charge is 0.472 e. The van der Waals surface area contributed by atoms with Gasteiger partial charge < -0.3 is 20.1 Å². The van der Waals surface area contributed by atoms with Crippen molar-refractivity contribution in [3.63, 3.8) is 0 Å². The molecular formula is C39H47ClF3N7O8S. The maximum Gasteiger partial charge on any atom is 0.411 e. The van der Waals surface area contributed by atoms with Crippen molar-refractivity contribution < 1.29 is 50.6 Å². The van der Waals surface area contributed by atoms with Gasteiger partial charge in [0.1, 0.15) is 29.3 Å². The summed E-state index contributed by atoms with van der Waals surface area (Å²) in [5.74, 6) is -4.42. The van der Waals surface area contributed by atoms with Crippen molar-refractivity contribution in [1.82, 2.24) is 34.2 Å². The zero-order chi connectivity index (χ0) is 43.0. The number of fused-ring (bicyclic) bond motifs is 5. The van der Waals surface area contributed by atoms with Crippen molar-refractivity contribution in [1.29, 1.82) is 0 Å². The van der Waals surface area contributed by atoms with Gasteiger partial charge in [-0.2, -0.15) is 18.2 Å². The number of allylic oxidation sites excluding steroid dienone is 1. The Labute approximate surface area is 343 Å². The summed E-state index contributed by atoms with van der Waals surface area (Å²) in [7, 11) is -4.13. The minimum absolute atomic E-state index is 0.0351. The highest BCUT2D eigenvalue weighted by atomic mass is 35.5. The molecule has 2 aromatic heterocycles. The van der Waals surface area contributed by atoms with Crippen molar-refractivity contribution >= 4 is 62.1 Å². The number of benzene rings is 1. The first-order chi connectivity index (χ1) is 27.5. The number of carboxylic acid groups (broad SMARTS) is 1. The minimum atomic E-state index is -5.11. The number of alkyl halides is 3. The molecule has 2 saturated carbocycles. The van der Waals surface area contributed by atoms with Crippen molar-refractivity contribution in [2.24, 2.45) is 17.8 Å². The summed E-state index contributed by atoms with van der Waals surface area (Å²) in [5, 5.41) is 14.0. The number of aromatic nitrogens is 3. The van der Waals surface area contributed by atoms with Gasteiger partial charge in [-0.05, 0) is 89.3 Å². The second kappa shape index (κ2) is 14.8. The molecule has 7 rings (SSSR count). The molecular weight excluding hydrogens is 819 g/mol. The number of hydrogen-bond donors (Lipinski definition) is 3. The second-order valence-corrected chi connectivity index (χ2v) is 19.9. The van der Waals surface area contributed by atoms with E-state index >= 15 is 4.79 Å². The Bertz CT molecular complexity index is 2350. The monoisotopic (exact) mass is 865 g/mol. The molecule has 59 heavy (non-hydrogen) atoms. The van der Waals surface area contributed by atoms with Gasteiger partial charge in [0.2, 0.25) is 33.5 Å². The van der Waals surface area contributed by atoms with Crippen LogP contribution in [0.1, 0.15) is 79.6 Å². The number of halogens is 4. The number of carbonyl (C=O) groups is 4. The van der Waals surface area contributed by atoms with Crippen LogP contribution in [0.3, 0.4) is 0 Å². The van der Waals surface area contributed by atoms with E-state index in [9.17, 15) is 41.1 Å². The minimum Gasteiger partial charge on any atom is -0.472 e. The molecule has 0 spiro atoms. The maximum atomic E-state index is 15.1. The molecule has 320 valence electrons. The third-order valence-electron chi connectivity index (χ3n) is 12.5.